The smallest absolute Gasteiger partial charge is 0.254 e. The normalized spacial score (nSPS) is 10.9. The summed E-state index contributed by atoms with van der Waals surface area (Å²) in [5.41, 5.74) is 6.30. The first-order valence-corrected chi connectivity index (χ1v) is 12.6. The summed E-state index contributed by atoms with van der Waals surface area (Å²) in [6, 6.07) is 19.9. The molecule has 1 amide bonds. The van der Waals surface area contributed by atoms with E-state index in [-0.39, 0.29) is 18.0 Å². The number of hydrogen-bond acceptors (Lipinski definition) is 4. The highest BCUT2D eigenvalue weighted by molar-refractivity contribution is 5.93. The molecule has 1 N–H and O–H groups in total. The molecule has 0 spiro atoms. The Labute approximate surface area is 217 Å². The third kappa shape index (κ3) is 5.85. The van der Waals surface area contributed by atoms with Gasteiger partial charge in [-0.25, -0.2) is 0 Å². The van der Waals surface area contributed by atoms with Crippen molar-refractivity contribution in [3.05, 3.63) is 98.8 Å². The number of fused-ring (bicyclic) bond motifs is 1. The van der Waals surface area contributed by atoms with E-state index in [0.29, 0.717) is 29.0 Å². The summed E-state index contributed by atoms with van der Waals surface area (Å²) in [5, 5.41) is 3.79. The topological polar surface area (TPSA) is 69.6 Å². The molecule has 1 aromatic heterocycles. The number of nitrogens with zero attached hydrogens (tertiary/aromatic N) is 1. The van der Waals surface area contributed by atoms with Crippen molar-refractivity contribution in [2.45, 2.75) is 46.6 Å². The Morgan fingerprint density at radius 2 is 1.54 bits per heavy atom. The molecular formula is C31H34N2O4. The average Bonchev–Trinajstić information content (AvgIpc) is 2.91. The van der Waals surface area contributed by atoms with Crippen molar-refractivity contribution in [2.75, 3.05) is 19.5 Å². The van der Waals surface area contributed by atoms with Crippen LogP contribution in [-0.4, -0.2) is 24.7 Å². The van der Waals surface area contributed by atoms with Crippen LogP contribution >= 0.6 is 0 Å². The summed E-state index contributed by atoms with van der Waals surface area (Å²) in [6.07, 6.45) is 2.28. The number of anilines is 1. The zero-order valence-corrected chi connectivity index (χ0v) is 22.2. The van der Waals surface area contributed by atoms with Crippen molar-refractivity contribution in [1.82, 2.24) is 4.57 Å². The summed E-state index contributed by atoms with van der Waals surface area (Å²) < 4.78 is 12.5. The number of ether oxygens (including phenoxy) is 2. The van der Waals surface area contributed by atoms with Crippen LogP contribution in [0.1, 0.15) is 34.7 Å². The van der Waals surface area contributed by atoms with E-state index in [1.807, 2.05) is 44.2 Å². The van der Waals surface area contributed by atoms with Crippen LogP contribution in [0.2, 0.25) is 0 Å². The lowest BCUT2D eigenvalue weighted by Gasteiger charge is -2.16. The zero-order valence-electron chi connectivity index (χ0n) is 22.2. The van der Waals surface area contributed by atoms with Gasteiger partial charge in [-0.15, -0.1) is 0 Å². The molecule has 4 aromatic rings. The van der Waals surface area contributed by atoms with Crippen LogP contribution in [0.3, 0.4) is 0 Å². The standard InChI is InChI=1S/C31H34N2O4/c1-6-22-9-11-23(12-10-22)13-14-24-16-25-17-28(36-4)29(37-5)18-27(25)33(31(24)35)19-30(34)32-26-15-20(2)7-8-21(26)3/h7-12,15-18H,6,13-14,19H2,1-5H3,(H,32,34). The molecule has 0 atom stereocenters. The minimum Gasteiger partial charge on any atom is -0.493 e. The Hall–Kier alpha value is -4.06. The Balaban J connectivity index is 1.72. The molecule has 0 saturated heterocycles. The van der Waals surface area contributed by atoms with E-state index in [9.17, 15) is 9.59 Å². The molecular weight excluding hydrogens is 464 g/mol. The van der Waals surface area contributed by atoms with Gasteiger partial charge in [-0.2, -0.15) is 0 Å². The molecule has 0 unspecified atom stereocenters. The predicted octanol–water partition coefficient (Wildman–Crippen LogP) is 5.62. The Morgan fingerprint density at radius 3 is 2.22 bits per heavy atom. The van der Waals surface area contributed by atoms with E-state index < -0.39 is 0 Å². The number of benzene rings is 3. The van der Waals surface area contributed by atoms with Gasteiger partial charge in [0.15, 0.2) is 11.5 Å². The van der Waals surface area contributed by atoms with Crippen LogP contribution < -0.4 is 20.3 Å². The highest BCUT2D eigenvalue weighted by Crippen LogP contribution is 2.32. The quantitative estimate of drug-likeness (QED) is 0.325. The molecule has 0 bridgehead atoms. The van der Waals surface area contributed by atoms with E-state index >= 15 is 0 Å². The van der Waals surface area contributed by atoms with Crippen molar-refractivity contribution >= 4 is 22.5 Å². The van der Waals surface area contributed by atoms with Gasteiger partial charge in [-0.3, -0.25) is 14.2 Å². The van der Waals surface area contributed by atoms with Crippen molar-refractivity contribution < 1.29 is 14.3 Å². The van der Waals surface area contributed by atoms with Crippen LogP contribution in [0.4, 0.5) is 5.69 Å². The summed E-state index contributed by atoms with van der Waals surface area (Å²) in [6.45, 7) is 5.94. The molecule has 0 aliphatic heterocycles. The first kappa shape index (κ1) is 26.0. The van der Waals surface area contributed by atoms with E-state index in [4.69, 9.17) is 9.47 Å². The van der Waals surface area contributed by atoms with E-state index in [1.165, 1.54) is 15.7 Å². The van der Waals surface area contributed by atoms with Gasteiger partial charge >= 0.3 is 0 Å². The van der Waals surface area contributed by atoms with Gasteiger partial charge in [0.2, 0.25) is 5.91 Å². The first-order valence-electron chi connectivity index (χ1n) is 12.6. The summed E-state index contributed by atoms with van der Waals surface area (Å²) in [7, 11) is 3.13. The van der Waals surface area contributed by atoms with Gasteiger partial charge in [-0.1, -0.05) is 43.3 Å². The molecule has 0 radical (unpaired) electrons. The lowest BCUT2D eigenvalue weighted by atomic mass is 10.0. The number of rotatable bonds is 9. The minimum atomic E-state index is -0.265. The molecule has 1 heterocycles. The van der Waals surface area contributed by atoms with Crippen LogP contribution in [0, 0.1) is 13.8 Å². The fourth-order valence-corrected chi connectivity index (χ4v) is 4.53. The van der Waals surface area contributed by atoms with E-state index in [2.05, 4.69) is 36.5 Å². The van der Waals surface area contributed by atoms with Crippen LogP contribution in [-0.2, 0) is 30.6 Å². The van der Waals surface area contributed by atoms with Gasteiger partial charge in [0, 0.05) is 22.7 Å². The van der Waals surface area contributed by atoms with E-state index in [0.717, 1.165) is 35.0 Å². The summed E-state index contributed by atoms with van der Waals surface area (Å²) >= 11 is 0. The van der Waals surface area contributed by atoms with Gasteiger partial charge in [-0.05, 0) is 73.6 Å². The highest BCUT2D eigenvalue weighted by Gasteiger charge is 2.16. The fourth-order valence-electron chi connectivity index (χ4n) is 4.53. The fraction of sp³-hybridized carbons (Fsp3) is 0.290. The lowest BCUT2D eigenvalue weighted by Crippen LogP contribution is -2.30. The van der Waals surface area contributed by atoms with Crippen molar-refractivity contribution in [3.8, 4) is 11.5 Å². The van der Waals surface area contributed by atoms with Crippen LogP contribution in [0.25, 0.3) is 10.9 Å². The SMILES string of the molecule is CCc1ccc(CCc2cc3cc(OC)c(OC)cc3n(CC(=O)Nc3cc(C)ccc3C)c2=O)cc1. The molecule has 0 aliphatic rings. The van der Waals surface area contributed by atoms with Crippen molar-refractivity contribution in [3.63, 3.8) is 0 Å². The van der Waals surface area contributed by atoms with Gasteiger partial charge in [0.25, 0.3) is 5.56 Å². The third-order valence-electron chi connectivity index (χ3n) is 6.76. The second kappa shape index (κ2) is 11.3. The second-order valence-corrected chi connectivity index (χ2v) is 9.36. The van der Waals surface area contributed by atoms with E-state index in [1.54, 1.807) is 20.3 Å². The molecule has 6 heteroatoms. The Morgan fingerprint density at radius 1 is 0.865 bits per heavy atom. The molecule has 3 aromatic carbocycles. The number of carbonyl (C=O) groups is 1. The van der Waals surface area contributed by atoms with Gasteiger partial charge < -0.3 is 14.8 Å². The maximum atomic E-state index is 13.7. The second-order valence-electron chi connectivity index (χ2n) is 9.36. The van der Waals surface area contributed by atoms with Gasteiger partial charge in [0.05, 0.1) is 19.7 Å². The lowest BCUT2D eigenvalue weighted by molar-refractivity contribution is -0.116. The third-order valence-corrected chi connectivity index (χ3v) is 6.76. The summed E-state index contributed by atoms with van der Waals surface area (Å²) in [4.78, 5) is 26.8. The molecule has 4 rings (SSSR count). The van der Waals surface area contributed by atoms with Gasteiger partial charge in [0.1, 0.15) is 6.54 Å². The molecule has 0 fully saturated rings. The minimum absolute atomic E-state index is 0.114. The summed E-state index contributed by atoms with van der Waals surface area (Å²) in [5.74, 6) is 0.808. The van der Waals surface area contributed by atoms with Crippen LogP contribution in [0.5, 0.6) is 11.5 Å². The van der Waals surface area contributed by atoms with Crippen LogP contribution in [0.15, 0.2) is 65.5 Å². The highest BCUT2D eigenvalue weighted by atomic mass is 16.5. The average molecular weight is 499 g/mol. The molecule has 37 heavy (non-hydrogen) atoms. The predicted molar refractivity (Wildman–Crippen MR) is 149 cm³/mol. The maximum absolute atomic E-state index is 13.7. The molecule has 0 saturated carbocycles. The number of nitrogens with one attached hydrogen (secondary N) is 1. The van der Waals surface area contributed by atoms with Crippen molar-refractivity contribution in [2.24, 2.45) is 0 Å². The molecule has 6 nitrogen and oxygen atoms in total. The number of pyridine rings is 1. The Kier molecular flexibility index (Phi) is 7.97. The van der Waals surface area contributed by atoms with Crippen molar-refractivity contribution in [1.29, 1.82) is 0 Å². The number of hydrogen-bond donors (Lipinski definition) is 1. The number of methoxy groups -OCH3 is 2. The largest absolute Gasteiger partial charge is 0.493 e. The zero-order chi connectivity index (χ0) is 26.5. The maximum Gasteiger partial charge on any atom is 0.254 e. The molecule has 0 aliphatic carbocycles. The number of amides is 1. The number of aromatic nitrogens is 1. The number of carbonyl (C=O) groups excluding carboxylic acids is 1. The monoisotopic (exact) mass is 498 g/mol. The molecule has 192 valence electrons. The first-order chi connectivity index (χ1) is 17.8. The number of aryl methyl sites for hydroxylation is 5. The Bertz CT molecular complexity index is 1490.